The summed E-state index contributed by atoms with van der Waals surface area (Å²) in [5.74, 6) is -1.35. The lowest BCUT2D eigenvalue weighted by molar-refractivity contribution is -0.161. The van der Waals surface area contributed by atoms with E-state index in [-0.39, 0.29) is 25.7 Å². The highest BCUT2D eigenvalue weighted by Gasteiger charge is 2.30. The van der Waals surface area contributed by atoms with Gasteiger partial charge in [-0.05, 0) is 31.6 Å². The van der Waals surface area contributed by atoms with E-state index in [1.165, 1.54) is 250 Å². The summed E-state index contributed by atoms with van der Waals surface area (Å²) in [7, 11) is -9.92. The first-order valence-electron chi connectivity index (χ1n) is 41.6. The number of hydrogen-bond acceptors (Lipinski definition) is 15. The van der Waals surface area contributed by atoms with E-state index in [0.29, 0.717) is 25.7 Å². The van der Waals surface area contributed by atoms with Crippen molar-refractivity contribution in [2.45, 2.75) is 445 Å². The Kier molecular flexibility index (Phi) is 71.6. The van der Waals surface area contributed by atoms with Crippen molar-refractivity contribution in [3.63, 3.8) is 0 Å². The second kappa shape index (κ2) is 73.0. The molecule has 0 aliphatic carbocycles. The molecule has 588 valence electrons. The molecule has 0 heterocycles. The van der Waals surface area contributed by atoms with Gasteiger partial charge in [-0.15, -0.1) is 0 Å². The van der Waals surface area contributed by atoms with Crippen LogP contribution in [0.25, 0.3) is 0 Å². The van der Waals surface area contributed by atoms with Gasteiger partial charge in [0, 0.05) is 25.7 Å². The monoisotopic (exact) mass is 1450 g/mol. The Morgan fingerprint density at radius 3 is 0.687 bits per heavy atom. The molecule has 0 saturated carbocycles. The van der Waals surface area contributed by atoms with Gasteiger partial charge < -0.3 is 33.8 Å². The molecule has 0 saturated heterocycles. The number of aliphatic hydroxyl groups is 1. The average molecular weight is 1450 g/mol. The van der Waals surface area contributed by atoms with E-state index in [1.807, 2.05) is 0 Å². The minimum Gasteiger partial charge on any atom is -0.462 e. The van der Waals surface area contributed by atoms with Crippen molar-refractivity contribution < 1.29 is 80.2 Å². The number of unbranched alkanes of at least 4 members (excludes halogenated alkanes) is 52. The average Bonchev–Trinajstić information content (AvgIpc) is 3.64. The van der Waals surface area contributed by atoms with Gasteiger partial charge in [-0.25, -0.2) is 9.13 Å². The molecule has 3 N–H and O–H groups in total. The van der Waals surface area contributed by atoms with Crippen molar-refractivity contribution in [1.29, 1.82) is 0 Å². The largest absolute Gasteiger partial charge is 0.472 e. The second-order valence-electron chi connectivity index (χ2n) is 29.3. The quantitative estimate of drug-likeness (QED) is 0.0222. The Bertz CT molecular complexity index is 1890. The van der Waals surface area contributed by atoms with E-state index in [4.69, 9.17) is 37.0 Å². The SMILES string of the molecule is CCCCCCCCCCCCCCCCCCCC(=O)O[C@H](COC(=O)CCCCCCCCCCCCCCCCC)COP(=O)(O)OC[C@@H](O)COP(=O)(O)OC[C@@H](COC(=O)CCCCCCCCCCCCC(C)C)OC(=O)CCCCCCCCCCCCCCCC. The van der Waals surface area contributed by atoms with E-state index >= 15 is 0 Å². The smallest absolute Gasteiger partial charge is 0.462 e. The summed E-state index contributed by atoms with van der Waals surface area (Å²) in [6.07, 6.45) is 63.6. The number of hydrogen-bond donors (Lipinski definition) is 3. The molecule has 0 aromatic heterocycles. The Hall–Kier alpha value is -1.94. The van der Waals surface area contributed by atoms with Gasteiger partial charge in [0.25, 0.3) is 0 Å². The molecule has 2 unspecified atom stereocenters. The molecule has 0 radical (unpaired) electrons. The van der Waals surface area contributed by atoms with Gasteiger partial charge in [0.05, 0.1) is 26.4 Å². The normalized spacial score (nSPS) is 13.9. The van der Waals surface area contributed by atoms with Crippen LogP contribution in [0.1, 0.15) is 426 Å². The van der Waals surface area contributed by atoms with Crippen LogP contribution in [0.3, 0.4) is 0 Å². The van der Waals surface area contributed by atoms with E-state index in [1.54, 1.807) is 0 Å². The molecule has 0 aliphatic heterocycles. The predicted molar refractivity (Wildman–Crippen MR) is 405 cm³/mol. The molecule has 99 heavy (non-hydrogen) atoms. The van der Waals surface area contributed by atoms with Gasteiger partial charge in [0.15, 0.2) is 12.2 Å². The Morgan fingerprint density at radius 1 is 0.273 bits per heavy atom. The molecule has 19 heteroatoms. The molecule has 0 fully saturated rings. The first-order valence-corrected chi connectivity index (χ1v) is 44.6. The van der Waals surface area contributed by atoms with E-state index in [0.717, 1.165) is 95.8 Å². The first kappa shape index (κ1) is 97.1. The molecule has 0 amide bonds. The summed E-state index contributed by atoms with van der Waals surface area (Å²) >= 11 is 0. The highest BCUT2D eigenvalue weighted by Crippen LogP contribution is 2.45. The van der Waals surface area contributed by atoms with Crippen molar-refractivity contribution >= 4 is 39.5 Å². The van der Waals surface area contributed by atoms with E-state index in [9.17, 15) is 43.2 Å². The molecule has 0 spiro atoms. The Morgan fingerprint density at radius 2 is 0.465 bits per heavy atom. The molecule has 0 bridgehead atoms. The summed E-state index contributed by atoms with van der Waals surface area (Å²) in [5, 5.41) is 10.6. The van der Waals surface area contributed by atoms with Crippen molar-refractivity contribution in [3.8, 4) is 0 Å². The number of aliphatic hydroxyl groups excluding tert-OH is 1. The molecule has 17 nitrogen and oxygen atoms in total. The molecule has 0 aromatic carbocycles. The predicted octanol–water partition coefficient (Wildman–Crippen LogP) is 24.0. The zero-order valence-electron chi connectivity index (χ0n) is 64.6. The summed E-state index contributed by atoms with van der Waals surface area (Å²) in [6, 6.07) is 0. The summed E-state index contributed by atoms with van der Waals surface area (Å²) < 4.78 is 68.7. The Labute approximate surface area is 607 Å². The number of esters is 4. The van der Waals surface area contributed by atoms with Crippen molar-refractivity contribution in [2.75, 3.05) is 39.6 Å². The summed E-state index contributed by atoms with van der Waals surface area (Å²) in [5.41, 5.74) is 0. The van der Waals surface area contributed by atoms with Gasteiger partial charge in [0.2, 0.25) is 0 Å². The number of carbonyl (C=O) groups is 4. The lowest BCUT2D eigenvalue weighted by atomic mass is 10.0. The molecule has 5 atom stereocenters. The number of rotatable bonds is 80. The third-order valence-corrected chi connectivity index (χ3v) is 20.7. The minimum absolute atomic E-state index is 0.108. The number of phosphoric acid groups is 2. The summed E-state index contributed by atoms with van der Waals surface area (Å²) in [6.45, 7) is 7.33. The molecule has 0 rings (SSSR count). The fourth-order valence-electron chi connectivity index (χ4n) is 12.4. The molecular formula is C80H156O17P2. The highest BCUT2D eigenvalue weighted by atomic mass is 31.2. The van der Waals surface area contributed by atoms with Gasteiger partial charge in [0.1, 0.15) is 19.3 Å². The second-order valence-corrected chi connectivity index (χ2v) is 32.2. The van der Waals surface area contributed by atoms with Gasteiger partial charge in [-0.1, -0.05) is 375 Å². The van der Waals surface area contributed by atoms with Crippen LogP contribution >= 0.6 is 15.6 Å². The van der Waals surface area contributed by atoms with Gasteiger partial charge in [-0.2, -0.15) is 0 Å². The maximum atomic E-state index is 13.1. The van der Waals surface area contributed by atoms with Gasteiger partial charge in [-0.3, -0.25) is 37.3 Å². The van der Waals surface area contributed by atoms with Crippen LogP contribution in [0.4, 0.5) is 0 Å². The fraction of sp³-hybridized carbons (Fsp3) is 0.950. The van der Waals surface area contributed by atoms with Crippen molar-refractivity contribution in [1.82, 2.24) is 0 Å². The zero-order valence-corrected chi connectivity index (χ0v) is 66.4. The topological polar surface area (TPSA) is 237 Å². The number of carbonyl (C=O) groups excluding carboxylic acids is 4. The molecule has 0 aromatic rings. The van der Waals surface area contributed by atoms with Crippen LogP contribution in [-0.4, -0.2) is 96.7 Å². The lowest BCUT2D eigenvalue weighted by Gasteiger charge is -2.21. The third kappa shape index (κ3) is 74.1. The molecular weight excluding hydrogens is 1290 g/mol. The van der Waals surface area contributed by atoms with Crippen molar-refractivity contribution in [2.24, 2.45) is 5.92 Å². The lowest BCUT2D eigenvalue weighted by Crippen LogP contribution is -2.30. The maximum Gasteiger partial charge on any atom is 0.472 e. The van der Waals surface area contributed by atoms with Crippen LogP contribution in [0, 0.1) is 5.92 Å². The standard InChI is InChI=1S/C80H156O17P2/c1-6-9-12-15-18-21-24-27-30-31-33-36-39-46-51-56-61-66-80(85)96-75(69-90-77(82)63-58-53-48-43-37-35-32-28-25-22-19-16-13-10-7-2)71-94-98(86,87)92-67-74(81)68-93-99(88,89)95-72-76(70-91-78(83)64-59-54-49-44-41-40-42-47-52-57-62-73(4)5)97-79(84)65-60-55-50-45-38-34-29-26-23-20-17-14-11-8-3/h73-76,81H,6-72H2,1-5H3,(H,86,87)(H,88,89)/t74-,75-,76-/m1/s1. The maximum absolute atomic E-state index is 13.1. The molecule has 0 aliphatic rings. The van der Waals surface area contributed by atoms with Crippen LogP contribution in [0.15, 0.2) is 0 Å². The minimum atomic E-state index is -4.96. The van der Waals surface area contributed by atoms with Crippen molar-refractivity contribution in [3.05, 3.63) is 0 Å². The van der Waals surface area contributed by atoms with Crippen LogP contribution in [0.2, 0.25) is 0 Å². The van der Waals surface area contributed by atoms with Crippen LogP contribution in [-0.2, 0) is 65.4 Å². The van der Waals surface area contributed by atoms with Crippen LogP contribution in [0.5, 0.6) is 0 Å². The van der Waals surface area contributed by atoms with Gasteiger partial charge >= 0.3 is 39.5 Å². The number of ether oxygens (including phenoxy) is 4. The Balaban J connectivity index is 5.27. The zero-order chi connectivity index (χ0) is 72.7. The first-order chi connectivity index (χ1) is 48.0. The third-order valence-electron chi connectivity index (χ3n) is 18.8. The summed E-state index contributed by atoms with van der Waals surface area (Å²) in [4.78, 5) is 73.0. The fourth-order valence-corrected chi connectivity index (χ4v) is 14.0. The van der Waals surface area contributed by atoms with E-state index < -0.39 is 97.5 Å². The highest BCUT2D eigenvalue weighted by molar-refractivity contribution is 7.47. The van der Waals surface area contributed by atoms with Crippen LogP contribution < -0.4 is 0 Å². The van der Waals surface area contributed by atoms with E-state index in [2.05, 4.69) is 34.6 Å². The number of phosphoric ester groups is 2.